The summed E-state index contributed by atoms with van der Waals surface area (Å²) in [7, 11) is 1.31. The summed E-state index contributed by atoms with van der Waals surface area (Å²) in [4.78, 5) is 16.5. The van der Waals surface area contributed by atoms with Gasteiger partial charge in [-0.3, -0.25) is 0 Å². The fourth-order valence-corrected chi connectivity index (χ4v) is 2.32. The Morgan fingerprint density at radius 3 is 2.58 bits per heavy atom. The number of aromatic nitrogens is 1. The first-order chi connectivity index (χ1) is 9.10. The monoisotopic (exact) mass is 294 g/mol. The van der Waals surface area contributed by atoms with Crippen molar-refractivity contribution in [2.24, 2.45) is 0 Å². The van der Waals surface area contributed by atoms with Gasteiger partial charge in [-0.25, -0.2) is 9.78 Å². The number of nitrogen functional groups attached to an aromatic ring is 1. The van der Waals surface area contributed by atoms with Crippen molar-refractivity contribution in [2.45, 2.75) is 9.92 Å². The van der Waals surface area contributed by atoms with Crippen LogP contribution < -0.4 is 5.73 Å². The van der Waals surface area contributed by atoms with E-state index >= 15 is 0 Å². The van der Waals surface area contributed by atoms with Crippen molar-refractivity contribution in [3.8, 4) is 0 Å². The van der Waals surface area contributed by atoms with E-state index in [2.05, 4.69) is 9.72 Å². The van der Waals surface area contributed by atoms with Crippen molar-refractivity contribution < 1.29 is 9.53 Å². The minimum absolute atomic E-state index is 0.230. The molecule has 19 heavy (non-hydrogen) atoms. The van der Waals surface area contributed by atoms with Gasteiger partial charge >= 0.3 is 5.97 Å². The van der Waals surface area contributed by atoms with E-state index in [0.717, 1.165) is 4.90 Å². The number of anilines is 1. The maximum Gasteiger partial charge on any atom is 0.356 e. The van der Waals surface area contributed by atoms with Crippen molar-refractivity contribution in [1.29, 1.82) is 0 Å². The molecule has 0 aliphatic rings. The summed E-state index contributed by atoms with van der Waals surface area (Å²) in [6, 6.07) is 10.5. The Morgan fingerprint density at radius 1 is 1.26 bits per heavy atom. The molecule has 0 fully saturated rings. The van der Waals surface area contributed by atoms with Crippen LogP contribution >= 0.6 is 23.4 Å². The number of esters is 1. The van der Waals surface area contributed by atoms with E-state index in [-0.39, 0.29) is 5.69 Å². The molecule has 1 aromatic heterocycles. The molecule has 0 atom stereocenters. The van der Waals surface area contributed by atoms with Crippen LogP contribution in [0.15, 0.2) is 46.3 Å². The highest BCUT2D eigenvalue weighted by Crippen LogP contribution is 2.31. The average molecular weight is 295 g/mol. The van der Waals surface area contributed by atoms with Gasteiger partial charge in [-0.1, -0.05) is 23.4 Å². The molecule has 98 valence electrons. The number of rotatable bonds is 3. The van der Waals surface area contributed by atoms with Crippen LogP contribution in [0.1, 0.15) is 10.5 Å². The summed E-state index contributed by atoms with van der Waals surface area (Å²) >= 11 is 7.18. The standard InChI is InChI=1S/C13H11ClN2O2S/c1-18-13(17)11-7-6-10(15)12(16-11)19-9-4-2-8(14)3-5-9/h2-7H,15H2,1H3. The van der Waals surface area contributed by atoms with E-state index in [0.29, 0.717) is 15.7 Å². The zero-order valence-electron chi connectivity index (χ0n) is 10.1. The first-order valence-corrected chi connectivity index (χ1v) is 6.58. The predicted molar refractivity (Wildman–Crippen MR) is 75.6 cm³/mol. The lowest BCUT2D eigenvalue weighted by Crippen LogP contribution is -2.05. The van der Waals surface area contributed by atoms with Crippen molar-refractivity contribution in [3.05, 3.63) is 47.1 Å². The minimum Gasteiger partial charge on any atom is -0.464 e. The Labute approximate surface area is 119 Å². The predicted octanol–water partition coefficient (Wildman–Crippen LogP) is 3.26. The molecular weight excluding hydrogens is 284 g/mol. The summed E-state index contributed by atoms with van der Waals surface area (Å²) in [5.41, 5.74) is 6.58. The van der Waals surface area contributed by atoms with E-state index in [1.165, 1.54) is 24.9 Å². The highest BCUT2D eigenvalue weighted by molar-refractivity contribution is 7.99. The van der Waals surface area contributed by atoms with E-state index < -0.39 is 5.97 Å². The third-order valence-electron chi connectivity index (χ3n) is 2.31. The van der Waals surface area contributed by atoms with E-state index in [9.17, 15) is 4.79 Å². The molecule has 6 heteroatoms. The molecule has 1 heterocycles. The number of carbonyl (C=O) groups excluding carboxylic acids is 1. The maximum absolute atomic E-state index is 11.4. The lowest BCUT2D eigenvalue weighted by atomic mass is 10.3. The van der Waals surface area contributed by atoms with Crippen molar-refractivity contribution in [2.75, 3.05) is 12.8 Å². The molecule has 0 radical (unpaired) electrons. The SMILES string of the molecule is COC(=O)c1ccc(N)c(Sc2ccc(Cl)cc2)n1. The number of ether oxygens (including phenoxy) is 1. The normalized spacial score (nSPS) is 10.2. The lowest BCUT2D eigenvalue weighted by molar-refractivity contribution is 0.0593. The molecule has 2 rings (SSSR count). The van der Waals surface area contributed by atoms with Crippen LogP contribution in [0.4, 0.5) is 5.69 Å². The van der Waals surface area contributed by atoms with Gasteiger partial charge in [0.05, 0.1) is 12.8 Å². The second kappa shape index (κ2) is 5.95. The fourth-order valence-electron chi connectivity index (χ4n) is 1.37. The van der Waals surface area contributed by atoms with E-state index in [1.54, 1.807) is 18.2 Å². The number of hydrogen-bond acceptors (Lipinski definition) is 5. The van der Waals surface area contributed by atoms with Gasteiger partial charge in [0.2, 0.25) is 0 Å². The fraction of sp³-hybridized carbons (Fsp3) is 0.0769. The van der Waals surface area contributed by atoms with E-state index in [4.69, 9.17) is 17.3 Å². The van der Waals surface area contributed by atoms with Gasteiger partial charge in [-0.2, -0.15) is 0 Å². The van der Waals surface area contributed by atoms with Crippen molar-refractivity contribution >= 4 is 35.0 Å². The highest BCUT2D eigenvalue weighted by Gasteiger charge is 2.11. The minimum atomic E-state index is -0.488. The van der Waals surface area contributed by atoms with Crippen LogP contribution in [0.3, 0.4) is 0 Å². The van der Waals surface area contributed by atoms with Gasteiger partial charge < -0.3 is 10.5 Å². The second-order valence-corrected chi connectivity index (χ2v) is 5.14. The molecule has 0 unspecified atom stereocenters. The zero-order valence-corrected chi connectivity index (χ0v) is 11.7. The molecule has 2 aromatic rings. The number of hydrogen-bond donors (Lipinski definition) is 1. The number of benzene rings is 1. The second-order valence-electron chi connectivity index (χ2n) is 3.64. The number of methoxy groups -OCH3 is 1. The summed E-state index contributed by atoms with van der Waals surface area (Å²) < 4.78 is 4.63. The molecule has 2 N–H and O–H groups in total. The Hall–Kier alpha value is -1.72. The molecule has 0 saturated carbocycles. The van der Waals surface area contributed by atoms with Crippen LogP contribution in [0.2, 0.25) is 5.02 Å². The zero-order chi connectivity index (χ0) is 13.8. The van der Waals surface area contributed by atoms with Gasteiger partial charge in [0.25, 0.3) is 0 Å². The molecule has 0 spiro atoms. The Kier molecular flexibility index (Phi) is 4.29. The summed E-state index contributed by atoms with van der Waals surface area (Å²) in [6.07, 6.45) is 0. The summed E-state index contributed by atoms with van der Waals surface area (Å²) in [5.74, 6) is -0.488. The number of nitrogens with zero attached hydrogens (tertiary/aromatic N) is 1. The Bertz CT molecular complexity index is 602. The van der Waals surface area contributed by atoms with Crippen LogP contribution in [0.5, 0.6) is 0 Å². The molecule has 0 aliphatic heterocycles. The number of pyridine rings is 1. The third-order valence-corrected chi connectivity index (χ3v) is 3.59. The topological polar surface area (TPSA) is 65.2 Å². The van der Waals surface area contributed by atoms with Gasteiger partial charge in [-0.05, 0) is 36.4 Å². The number of carbonyl (C=O) groups is 1. The van der Waals surface area contributed by atoms with Crippen molar-refractivity contribution in [1.82, 2.24) is 4.98 Å². The Balaban J connectivity index is 2.28. The van der Waals surface area contributed by atoms with Gasteiger partial charge in [0.15, 0.2) is 0 Å². The molecule has 0 aliphatic carbocycles. The van der Waals surface area contributed by atoms with E-state index in [1.807, 2.05) is 12.1 Å². The van der Waals surface area contributed by atoms with Crippen molar-refractivity contribution in [3.63, 3.8) is 0 Å². The largest absolute Gasteiger partial charge is 0.464 e. The molecule has 0 bridgehead atoms. The molecule has 0 amide bonds. The average Bonchev–Trinajstić information content (AvgIpc) is 2.43. The van der Waals surface area contributed by atoms with Crippen LogP contribution in [-0.4, -0.2) is 18.1 Å². The summed E-state index contributed by atoms with van der Waals surface area (Å²) in [5, 5.41) is 1.22. The first kappa shape index (κ1) is 13.7. The first-order valence-electron chi connectivity index (χ1n) is 5.38. The van der Waals surface area contributed by atoms with Crippen LogP contribution in [0.25, 0.3) is 0 Å². The third kappa shape index (κ3) is 3.39. The van der Waals surface area contributed by atoms with Gasteiger partial charge in [0, 0.05) is 9.92 Å². The lowest BCUT2D eigenvalue weighted by Gasteiger charge is -2.06. The number of nitrogens with two attached hydrogens (primary N) is 1. The van der Waals surface area contributed by atoms with Crippen LogP contribution in [0, 0.1) is 0 Å². The van der Waals surface area contributed by atoms with Gasteiger partial charge in [0.1, 0.15) is 10.7 Å². The molecular formula is C13H11ClN2O2S. The molecule has 4 nitrogen and oxygen atoms in total. The quantitative estimate of drug-likeness (QED) is 0.880. The maximum atomic E-state index is 11.4. The smallest absolute Gasteiger partial charge is 0.356 e. The molecule has 0 saturated heterocycles. The van der Waals surface area contributed by atoms with Crippen LogP contribution in [-0.2, 0) is 4.74 Å². The Morgan fingerprint density at radius 2 is 1.95 bits per heavy atom. The summed E-state index contributed by atoms with van der Waals surface area (Å²) in [6.45, 7) is 0. The van der Waals surface area contributed by atoms with Gasteiger partial charge in [-0.15, -0.1) is 0 Å². The number of halogens is 1. The molecule has 1 aromatic carbocycles. The highest BCUT2D eigenvalue weighted by atomic mass is 35.5.